The molecule has 0 radical (unpaired) electrons. The van der Waals surface area contributed by atoms with E-state index in [2.05, 4.69) is 15.8 Å². The number of aryl methyl sites for hydroxylation is 1. The Morgan fingerprint density at radius 1 is 0.964 bits per heavy atom. The molecule has 3 rings (SSSR count). The van der Waals surface area contributed by atoms with Crippen molar-refractivity contribution in [3.8, 4) is 11.5 Å². The van der Waals surface area contributed by atoms with Crippen molar-refractivity contribution in [2.45, 2.75) is 6.92 Å². The summed E-state index contributed by atoms with van der Waals surface area (Å²) < 4.78 is 10.4. The molecule has 142 valence electrons. The zero-order valence-corrected chi connectivity index (χ0v) is 15.0. The number of oxazole rings is 1. The van der Waals surface area contributed by atoms with E-state index in [1.54, 1.807) is 49.4 Å². The Labute approximate surface area is 160 Å². The summed E-state index contributed by atoms with van der Waals surface area (Å²) in [6.45, 7) is 0.997. The molecule has 3 aromatic rings. The lowest BCUT2D eigenvalue weighted by atomic mass is 10.2. The molecule has 0 bridgehead atoms. The monoisotopic (exact) mass is 379 g/mol. The van der Waals surface area contributed by atoms with Crippen molar-refractivity contribution in [1.82, 2.24) is 15.8 Å². The first-order valence-electron chi connectivity index (χ1n) is 8.39. The summed E-state index contributed by atoms with van der Waals surface area (Å²) in [5, 5.41) is 0. The van der Waals surface area contributed by atoms with Gasteiger partial charge in [0.2, 0.25) is 5.89 Å². The van der Waals surface area contributed by atoms with Crippen LogP contribution < -0.4 is 10.9 Å². The molecule has 0 aliphatic heterocycles. The third-order valence-electron chi connectivity index (χ3n) is 3.70. The molecule has 1 heterocycles. The van der Waals surface area contributed by atoms with Gasteiger partial charge in [-0.15, -0.1) is 0 Å². The summed E-state index contributed by atoms with van der Waals surface area (Å²) in [7, 11) is 0. The van der Waals surface area contributed by atoms with Gasteiger partial charge in [-0.3, -0.25) is 20.4 Å². The highest BCUT2D eigenvalue weighted by Gasteiger charge is 2.20. The number of carbonyl (C=O) groups is 3. The van der Waals surface area contributed by atoms with Crippen LogP contribution in [0.5, 0.6) is 0 Å². The first-order valence-corrected chi connectivity index (χ1v) is 8.39. The van der Waals surface area contributed by atoms with Gasteiger partial charge < -0.3 is 9.15 Å². The van der Waals surface area contributed by atoms with E-state index in [4.69, 9.17) is 9.15 Å². The number of aromatic nitrogens is 1. The van der Waals surface area contributed by atoms with Crippen molar-refractivity contribution in [3.05, 3.63) is 77.7 Å². The minimum atomic E-state index is -0.798. The molecular formula is C20H17N3O5. The normalized spacial score (nSPS) is 10.2. The van der Waals surface area contributed by atoms with Gasteiger partial charge in [0, 0.05) is 11.1 Å². The van der Waals surface area contributed by atoms with Crippen LogP contribution in [0.4, 0.5) is 0 Å². The lowest BCUT2D eigenvalue weighted by molar-refractivity contribution is -0.125. The van der Waals surface area contributed by atoms with E-state index in [1.165, 1.54) is 0 Å². The molecule has 1 aromatic heterocycles. The topological polar surface area (TPSA) is 111 Å². The van der Waals surface area contributed by atoms with Crippen molar-refractivity contribution in [1.29, 1.82) is 0 Å². The number of esters is 1. The fourth-order valence-electron chi connectivity index (χ4n) is 2.31. The standard InChI is InChI=1S/C20H17N3O5/c1-13-17(21-19(28-13)15-10-6-3-7-11-15)20(26)27-12-16(24)22-23-18(25)14-8-4-2-5-9-14/h2-11H,12H2,1H3,(H,22,24)(H,23,25). The number of amides is 2. The Balaban J connectivity index is 1.52. The maximum Gasteiger partial charge on any atom is 0.361 e. The number of hydrogen-bond donors (Lipinski definition) is 2. The van der Waals surface area contributed by atoms with E-state index in [-0.39, 0.29) is 17.3 Å². The van der Waals surface area contributed by atoms with Crippen LogP contribution in [0.15, 0.2) is 65.1 Å². The van der Waals surface area contributed by atoms with E-state index in [1.807, 2.05) is 18.2 Å². The van der Waals surface area contributed by atoms with Gasteiger partial charge in [-0.2, -0.15) is 0 Å². The van der Waals surface area contributed by atoms with Crippen LogP contribution in [0.3, 0.4) is 0 Å². The van der Waals surface area contributed by atoms with E-state index < -0.39 is 24.4 Å². The summed E-state index contributed by atoms with van der Waals surface area (Å²) in [6.07, 6.45) is 0. The van der Waals surface area contributed by atoms with Crippen LogP contribution in [0.1, 0.15) is 26.6 Å². The minimum Gasteiger partial charge on any atom is -0.451 e. The van der Waals surface area contributed by atoms with Gasteiger partial charge in [0.25, 0.3) is 11.8 Å². The number of benzene rings is 2. The lowest BCUT2D eigenvalue weighted by Crippen LogP contribution is -2.43. The summed E-state index contributed by atoms with van der Waals surface area (Å²) >= 11 is 0. The van der Waals surface area contributed by atoms with Crippen LogP contribution in [0, 0.1) is 6.92 Å². The Bertz CT molecular complexity index is 984. The fourth-order valence-corrected chi connectivity index (χ4v) is 2.31. The minimum absolute atomic E-state index is 0.0139. The van der Waals surface area contributed by atoms with E-state index in [0.29, 0.717) is 11.1 Å². The molecule has 8 nitrogen and oxygen atoms in total. The van der Waals surface area contributed by atoms with Gasteiger partial charge in [0.1, 0.15) is 5.76 Å². The zero-order chi connectivity index (χ0) is 19.9. The second-order valence-electron chi connectivity index (χ2n) is 5.73. The fraction of sp³-hybridized carbons (Fsp3) is 0.100. The quantitative estimate of drug-likeness (QED) is 0.520. The molecule has 0 spiro atoms. The molecule has 28 heavy (non-hydrogen) atoms. The molecular weight excluding hydrogens is 362 g/mol. The first-order chi connectivity index (χ1) is 13.5. The predicted molar refractivity (Wildman–Crippen MR) is 99.0 cm³/mol. The lowest BCUT2D eigenvalue weighted by Gasteiger charge is -2.07. The summed E-state index contributed by atoms with van der Waals surface area (Å²) in [4.78, 5) is 39.9. The average molecular weight is 379 g/mol. The molecule has 0 aliphatic carbocycles. The van der Waals surface area contributed by atoms with Crippen molar-refractivity contribution in [2.24, 2.45) is 0 Å². The highest BCUT2D eigenvalue weighted by Crippen LogP contribution is 2.21. The van der Waals surface area contributed by atoms with Crippen molar-refractivity contribution in [2.75, 3.05) is 6.61 Å². The second kappa shape index (κ2) is 8.63. The largest absolute Gasteiger partial charge is 0.451 e. The third-order valence-corrected chi connectivity index (χ3v) is 3.70. The predicted octanol–water partition coefficient (Wildman–Crippen LogP) is 2.27. The highest BCUT2D eigenvalue weighted by molar-refractivity contribution is 5.96. The smallest absolute Gasteiger partial charge is 0.361 e. The average Bonchev–Trinajstić information content (AvgIpc) is 3.13. The van der Waals surface area contributed by atoms with Crippen LogP contribution in [0.25, 0.3) is 11.5 Å². The van der Waals surface area contributed by atoms with Gasteiger partial charge in [0.05, 0.1) is 0 Å². The summed E-state index contributed by atoms with van der Waals surface area (Å²) in [5.41, 5.74) is 5.49. The van der Waals surface area contributed by atoms with Crippen LogP contribution >= 0.6 is 0 Å². The molecule has 0 saturated heterocycles. The van der Waals surface area contributed by atoms with Gasteiger partial charge in [-0.1, -0.05) is 36.4 Å². The maximum atomic E-state index is 12.2. The Kier molecular flexibility index (Phi) is 5.81. The van der Waals surface area contributed by atoms with Crippen LogP contribution in [0.2, 0.25) is 0 Å². The van der Waals surface area contributed by atoms with E-state index in [0.717, 1.165) is 0 Å². The Hall–Kier alpha value is -3.94. The highest BCUT2D eigenvalue weighted by atomic mass is 16.5. The summed E-state index contributed by atoms with van der Waals surface area (Å²) in [5.74, 6) is -1.42. The molecule has 2 N–H and O–H groups in total. The molecule has 0 fully saturated rings. The molecule has 0 atom stereocenters. The number of hydrazine groups is 1. The molecule has 0 unspecified atom stereocenters. The van der Waals surface area contributed by atoms with Crippen molar-refractivity contribution >= 4 is 17.8 Å². The molecule has 0 aliphatic rings. The SMILES string of the molecule is Cc1oc(-c2ccccc2)nc1C(=O)OCC(=O)NNC(=O)c1ccccc1. The first kappa shape index (κ1) is 18.8. The number of nitrogens with zero attached hydrogens (tertiary/aromatic N) is 1. The second-order valence-corrected chi connectivity index (χ2v) is 5.73. The van der Waals surface area contributed by atoms with E-state index >= 15 is 0 Å². The molecule has 2 amide bonds. The van der Waals surface area contributed by atoms with Gasteiger partial charge in [-0.05, 0) is 31.2 Å². The van der Waals surface area contributed by atoms with E-state index in [9.17, 15) is 14.4 Å². The molecule has 8 heteroatoms. The van der Waals surface area contributed by atoms with Crippen molar-refractivity contribution < 1.29 is 23.5 Å². The van der Waals surface area contributed by atoms with Crippen LogP contribution in [-0.4, -0.2) is 29.4 Å². The van der Waals surface area contributed by atoms with Crippen LogP contribution in [-0.2, 0) is 9.53 Å². The van der Waals surface area contributed by atoms with Crippen molar-refractivity contribution in [3.63, 3.8) is 0 Å². The Morgan fingerprint density at radius 3 is 2.29 bits per heavy atom. The molecule has 0 saturated carbocycles. The molecule has 2 aromatic carbocycles. The Morgan fingerprint density at radius 2 is 1.61 bits per heavy atom. The van der Waals surface area contributed by atoms with Gasteiger partial charge >= 0.3 is 5.97 Å². The number of rotatable bonds is 5. The third kappa shape index (κ3) is 4.61. The summed E-state index contributed by atoms with van der Waals surface area (Å²) in [6, 6.07) is 17.4. The number of nitrogens with one attached hydrogen (secondary N) is 2. The maximum absolute atomic E-state index is 12.2. The van der Waals surface area contributed by atoms with Gasteiger partial charge in [-0.25, -0.2) is 9.78 Å². The van der Waals surface area contributed by atoms with Gasteiger partial charge in [0.15, 0.2) is 12.3 Å². The number of carbonyl (C=O) groups excluding carboxylic acids is 3. The number of ether oxygens (including phenoxy) is 1. The zero-order valence-electron chi connectivity index (χ0n) is 15.0. The number of hydrogen-bond acceptors (Lipinski definition) is 6.